The van der Waals surface area contributed by atoms with Crippen LogP contribution in [0.15, 0.2) is 0 Å². The summed E-state index contributed by atoms with van der Waals surface area (Å²) in [5.74, 6) is 0. The van der Waals surface area contributed by atoms with Crippen LogP contribution in [0, 0.1) is 0 Å². The van der Waals surface area contributed by atoms with Gasteiger partial charge in [0.15, 0.2) is 5.13 Å². The van der Waals surface area contributed by atoms with Crippen LogP contribution < -0.4 is 10.2 Å². The molecule has 1 heterocycles. The van der Waals surface area contributed by atoms with E-state index in [2.05, 4.69) is 24.2 Å². The number of anilines is 1. The summed E-state index contributed by atoms with van der Waals surface area (Å²) in [7, 11) is 4.16. The van der Waals surface area contributed by atoms with E-state index in [1.807, 2.05) is 18.4 Å². The van der Waals surface area contributed by atoms with Crippen LogP contribution in [0.3, 0.4) is 0 Å². The third kappa shape index (κ3) is 2.32. The van der Waals surface area contributed by atoms with Crippen molar-refractivity contribution in [3.8, 4) is 0 Å². The summed E-state index contributed by atoms with van der Waals surface area (Å²) in [4.78, 5) is 8.44. The Labute approximate surface area is 95.5 Å². The zero-order valence-corrected chi connectivity index (χ0v) is 10.5. The fraction of sp³-hybridized carbons (Fsp3) is 0.727. The van der Waals surface area contributed by atoms with Crippen LogP contribution >= 0.6 is 11.3 Å². The molecular weight excluding hydrogens is 206 g/mol. The lowest BCUT2D eigenvalue weighted by molar-refractivity contribution is 0.813. The van der Waals surface area contributed by atoms with Crippen molar-refractivity contribution in [2.24, 2.45) is 0 Å². The molecule has 0 radical (unpaired) electrons. The molecule has 0 aliphatic heterocycles. The highest BCUT2D eigenvalue weighted by Crippen LogP contribution is 2.34. The largest absolute Gasteiger partial charge is 0.348 e. The Morgan fingerprint density at radius 1 is 1.53 bits per heavy atom. The molecule has 1 aromatic heterocycles. The summed E-state index contributed by atoms with van der Waals surface area (Å²) in [5.41, 5.74) is 1.26. The molecule has 1 aliphatic rings. The molecule has 3 nitrogen and oxygen atoms in total. The normalized spacial score (nSPS) is 15.7. The summed E-state index contributed by atoms with van der Waals surface area (Å²) in [6, 6.07) is 0.753. The van der Waals surface area contributed by atoms with Crippen molar-refractivity contribution in [2.75, 3.05) is 19.0 Å². The Kier molecular flexibility index (Phi) is 3.26. The van der Waals surface area contributed by atoms with Gasteiger partial charge >= 0.3 is 0 Å². The van der Waals surface area contributed by atoms with Gasteiger partial charge in [-0.15, -0.1) is 11.3 Å². The van der Waals surface area contributed by atoms with Crippen LogP contribution in [0.5, 0.6) is 0 Å². The Balaban J connectivity index is 2.17. The van der Waals surface area contributed by atoms with Gasteiger partial charge < -0.3 is 10.2 Å². The van der Waals surface area contributed by atoms with Gasteiger partial charge in [-0.25, -0.2) is 4.98 Å². The topological polar surface area (TPSA) is 28.2 Å². The first-order valence-corrected chi connectivity index (χ1v) is 6.44. The van der Waals surface area contributed by atoms with Crippen LogP contribution in [-0.4, -0.2) is 25.1 Å². The number of nitrogens with zero attached hydrogens (tertiary/aromatic N) is 2. The average Bonchev–Trinajstić information content (AvgIpc) is 3.00. The fourth-order valence-corrected chi connectivity index (χ4v) is 2.91. The first-order valence-electron chi connectivity index (χ1n) is 5.62. The van der Waals surface area contributed by atoms with Crippen LogP contribution in [0.4, 0.5) is 5.13 Å². The van der Waals surface area contributed by atoms with E-state index in [0.29, 0.717) is 0 Å². The third-order valence-corrected chi connectivity index (χ3v) is 4.02. The molecule has 1 aromatic rings. The molecule has 0 atom stereocenters. The standard InChI is InChI=1S/C11H19N3S/c1-4-9-10(7-12-2)15-11(13-9)14(3)8-5-6-8/h8,12H,4-7H2,1-3H3. The lowest BCUT2D eigenvalue weighted by Crippen LogP contribution is -2.18. The molecule has 4 heteroatoms. The van der Waals surface area contributed by atoms with Crippen molar-refractivity contribution in [1.29, 1.82) is 0 Å². The van der Waals surface area contributed by atoms with Crippen molar-refractivity contribution in [2.45, 2.75) is 38.8 Å². The zero-order valence-electron chi connectivity index (χ0n) is 9.71. The first kappa shape index (κ1) is 10.9. The Hall–Kier alpha value is -0.610. The highest BCUT2D eigenvalue weighted by atomic mass is 32.1. The lowest BCUT2D eigenvalue weighted by Gasteiger charge is -2.13. The summed E-state index contributed by atoms with van der Waals surface area (Å²) in [6.45, 7) is 3.12. The van der Waals surface area contributed by atoms with Gasteiger partial charge in [-0.3, -0.25) is 0 Å². The minimum absolute atomic E-state index is 0.753. The van der Waals surface area contributed by atoms with Gasteiger partial charge in [0.2, 0.25) is 0 Å². The van der Waals surface area contributed by atoms with Crippen LogP contribution in [0.1, 0.15) is 30.3 Å². The van der Waals surface area contributed by atoms with Crippen molar-refractivity contribution >= 4 is 16.5 Å². The van der Waals surface area contributed by atoms with Gasteiger partial charge in [-0.05, 0) is 26.3 Å². The van der Waals surface area contributed by atoms with Gasteiger partial charge in [0, 0.05) is 24.5 Å². The number of hydrogen-bond acceptors (Lipinski definition) is 4. The van der Waals surface area contributed by atoms with Crippen molar-refractivity contribution < 1.29 is 0 Å². The highest BCUT2D eigenvalue weighted by molar-refractivity contribution is 7.15. The Morgan fingerprint density at radius 3 is 2.80 bits per heavy atom. The van der Waals surface area contributed by atoms with E-state index in [1.54, 1.807) is 0 Å². The number of hydrogen-bond donors (Lipinski definition) is 1. The maximum atomic E-state index is 4.71. The molecule has 1 saturated carbocycles. The minimum Gasteiger partial charge on any atom is -0.348 e. The van der Waals surface area contributed by atoms with E-state index in [-0.39, 0.29) is 0 Å². The molecule has 0 aromatic carbocycles. The van der Waals surface area contributed by atoms with Crippen LogP contribution in [-0.2, 0) is 13.0 Å². The monoisotopic (exact) mass is 225 g/mol. The second kappa shape index (κ2) is 4.49. The van der Waals surface area contributed by atoms with Gasteiger partial charge in [-0.2, -0.15) is 0 Å². The van der Waals surface area contributed by atoms with Gasteiger partial charge in [0.05, 0.1) is 5.69 Å². The fourth-order valence-electron chi connectivity index (χ4n) is 1.71. The molecule has 1 N–H and O–H groups in total. The first-order chi connectivity index (χ1) is 7.26. The van der Waals surface area contributed by atoms with Gasteiger partial charge in [0.1, 0.15) is 0 Å². The summed E-state index contributed by atoms with van der Waals surface area (Å²) in [5, 5.41) is 4.40. The van der Waals surface area contributed by atoms with Crippen molar-refractivity contribution in [3.05, 3.63) is 10.6 Å². The number of nitrogens with one attached hydrogen (secondary N) is 1. The molecule has 0 bridgehead atoms. The molecule has 15 heavy (non-hydrogen) atoms. The zero-order chi connectivity index (χ0) is 10.8. The average molecular weight is 225 g/mol. The lowest BCUT2D eigenvalue weighted by atomic mass is 10.3. The van der Waals surface area contributed by atoms with Crippen LogP contribution in [0.2, 0.25) is 0 Å². The molecule has 84 valence electrons. The number of aromatic nitrogens is 1. The molecule has 0 saturated heterocycles. The van der Waals surface area contributed by atoms with E-state index < -0.39 is 0 Å². The predicted molar refractivity (Wildman–Crippen MR) is 65.7 cm³/mol. The maximum absolute atomic E-state index is 4.71. The van der Waals surface area contributed by atoms with Gasteiger partial charge in [0.25, 0.3) is 0 Å². The SMILES string of the molecule is CCc1nc(N(C)C2CC2)sc1CNC. The highest BCUT2D eigenvalue weighted by Gasteiger charge is 2.28. The van der Waals surface area contributed by atoms with E-state index in [9.17, 15) is 0 Å². The quantitative estimate of drug-likeness (QED) is 0.831. The van der Waals surface area contributed by atoms with Gasteiger partial charge in [-0.1, -0.05) is 6.92 Å². The molecule has 2 rings (SSSR count). The smallest absolute Gasteiger partial charge is 0.185 e. The molecule has 0 unspecified atom stereocenters. The Bertz CT molecular complexity index is 331. The number of thiazole rings is 1. The van der Waals surface area contributed by atoms with Crippen molar-refractivity contribution in [1.82, 2.24) is 10.3 Å². The van der Waals surface area contributed by atoms with E-state index in [0.717, 1.165) is 19.0 Å². The maximum Gasteiger partial charge on any atom is 0.185 e. The molecule has 0 spiro atoms. The number of rotatable bonds is 5. The predicted octanol–water partition coefficient (Wildman–Crippen LogP) is 2.02. The van der Waals surface area contributed by atoms with Crippen molar-refractivity contribution in [3.63, 3.8) is 0 Å². The van der Waals surface area contributed by atoms with E-state index in [1.165, 1.54) is 28.5 Å². The van der Waals surface area contributed by atoms with E-state index >= 15 is 0 Å². The summed E-state index contributed by atoms with van der Waals surface area (Å²) >= 11 is 1.84. The van der Waals surface area contributed by atoms with Crippen LogP contribution in [0.25, 0.3) is 0 Å². The number of aryl methyl sites for hydroxylation is 1. The molecule has 0 amide bonds. The minimum atomic E-state index is 0.753. The van der Waals surface area contributed by atoms with E-state index in [4.69, 9.17) is 4.98 Å². The Morgan fingerprint density at radius 2 is 2.27 bits per heavy atom. The second-order valence-electron chi connectivity index (χ2n) is 4.09. The molecule has 1 aliphatic carbocycles. The molecule has 1 fully saturated rings. The second-order valence-corrected chi connectivity index (χ2v) is 5.15. The summed E-state index contributed by atoms with van der Waals surface area (Å²) in [6.07, 6.45) is 3.70. The third-order valence-electron chi connectivity index (χ3n) is 2.84. The summed E-state index contributed by atoms with van der Waals surface area (Å²) < 4.78 is 0. The molecular formula is C11H19N3S.